The van der Waals surface area contributed by atoms with Crippen LogP contribution in [0.15, 0.2) is 24.3 Å². The Bertz CT molecular complexity index is 536. The number of carbonyl (C=O) groups excluding carboxylic acids is 2. The Morgan fingerprint density at radius 3 is 2.14 bits per heavy atom. The molecule has 0 unspecified atom stereocenters. The summed E-state index contributed by atoms with van der Waals surface area (Å²) in [7, 11) is 0. The second-order valence-electron chi connectivity index (χ2n) is 7.19. The Balaban J connectivity index is 2.08. The summed E-state index contributed by atoms with van der Waals surface area (Å²) >= 11 is 0. The van der Waals surface area contributed by atoms with Crippen LogP contribution in [0.1, 0.15) is 56.0 Å². The first-order valence-corrected chi connectivity index (χ1v) is 7.98. The van der Waals surface area contributed by atoms with Crippen molar-refractivity contribution in [1.29, 1.82) is 0 Å². The molecule has 1 atom stereocenters. The lowest BCUT2D eigenvalue weighted by molar-refractivity contribution is -0.906. The monoisotopic (exact) mass is 303 g/mol. The zero-order chi connectivity index (χ0) is 16.3. The van der Waals surface area contributed by atoms with Gasteiger partial charge in [-0.25, -0.2) is 0 Å². The van der Waals surface area contributed by atoms with Crippen LogP contribution in [0.25, 0.3) is 0 Å². The zero-order valence-corrected chi connectivity index (χ0v) is 13.6. The van der Waals surface area contributed by atoms with Crippen molar-refractivity contribution in [3.63, 3.8) is 0 Å². The largest absolute Gasteiger partial charge is 0.544 e. The zero-order valence-electron chi connectivity index (χ0n) is 13.6. The number of quaternary nitrogens is 1. The molecule has 4 nitrogen and oxygen atoms in total. The molecule has 0 bridgehead atoms. The lowest BCUT2D eigenvalue weighted by atomic mass is 9.86. The predicted molar refractivity (Wildman–Crippen MR) is 82.8 cm³/mol. The van der Waals surface area contributed by atoms with E-state index in [1.165, 1.54) is 0 Å². The van der Waals surface area contributed by atoms with Gasteiger partial charge in [-0.05, 0) is 11.0 Å². The molecule has 0 aliphatic carbocycles. The van der Waals surface area contributed by atoms with Crippen molar-refractivity contribution in [3.8, 4) is 0 Å². The Hall–Kier alpha value is -1.68. The number of likely N-dealkylation sites (tertiary alicyclic amines) is 1. The number of hydrogen-bond donors (Lipinski definition) is 1. The van der Waals surface area contributed by atoms with Gasteiger partial charge in [-0.15, -0.1) is 0 Å². The Kier molecular flexibility index (Phi) is 5.01. The summed E-state index contributed by atoms with van der Waals surface area (Å²) in [6, 6.07) is 6.77. The van der Waals surface area contributed by atoms with E-state index in [1.807, 2.05) is 12.1 Å². The van der Waals surface area contributed by atoms with Gasteiger partial charge in [0.1, 0.15) is 6.04 Å². The van der Waals surface area contributed by atoms with Crippen LogP contribution in [-0.2, 0) is 10.2 Å². The van der Waals surface area contributed by atoms with Gasteiger partial charge in [-0.2, -0.15) is 0 Å². The van der Waals surface area contributed by atoms with E-state index in [0.717, 1.165) is 36.4 Å². The number of carboxylic acid groups (broad SMARTS) is 1. The number of carbonyl (C=O) groups is 2. The smallest absolute Gasteiger partial charge is 0.169 e. The summed E-state index contributed by atoms with van der Waals surface area (Å²) in [6.45, 7) is 7.98. The van der Waals surface area contributed by atoms with E-state index in [0.29, 0.717) is 5.56 Å². The van der Waals surface area contributed by atoms with E-state index < -0.39 is 12.0 Å². The minimum Gasteiger partial charge on any atom is -0.544 e. The maximum Gasteiger partial charge on any atom is 0.169 e. The normalized spacial score (nSPS) is 17.4. The fourth-order valence-electron chi connectivity index (χ4n) is 3.03. The van der Waals surface area contributed by atoms with Gasteiger partial charge in [0.2, 0.25) is 0 Å². The van der Waals surface area contributed by atoms with Crippen LogP contribution in [-0.4, -0.2) is 30.9 Å². The number of nitrogens with one attached hydrogen (secondary N) is 1. The van der Waals surface area contributed by atoms with Gasteiger partial charge in [0.15, 0.2) is 5.78 Å². The van der Waals surface area contributed by atoms with Gasteiger partial charge in [0.05, 0.1) is 25.5 Å². The van der Waals surface area contributed by atoms with Crippen LogP contribution in [0, 0.1) is 0 Å². The van der Waals surface area contributed by atoms with E-state index >= 15 is 0 Å². The molecule has 0 amide bonds. The SMILES string of the molecule is CC(C)(C)c1ccc(C(=O)C[C@@H](C(=O)[O-])[NH+]2CCCC2)cc1. The molecule has 2 rings (SSSR count). The molecule has 120 valence electrons. The van der Waals surface area contributed by atoms with Gasteiger partial charge in [-0.1, -0.05) is 45.0 Å². The summed E-state index contributed by atoms with van der Waals surface area (Å²) < 4.78 is 0. The van der Waals surface area contributed by atoms with Gasteiger partial charge in [0, 0.05) is 18.4 Å². The topological polar surface area (TPSA) is 61.6 Å². The maximum atomic E-state index is 12.4. The summed E-state index contributed by atoms with van der Waals surface area (Å²) in [6.07, 6.45) is 2.06. The third-order valence-corrected chi connectivity index (χ3v) is 4.49. The van der Waals surface area contributed by atoms with Crippen LogP contribution in [0.5, 0.6) is 0 Å². The number of hydrogen-bond acceptors (Lipinski definition) is 3. The molecule has 1 fully saturated rings. The highest BCUT2D eigenvalue weighted by molar-refractivity contribution is 5.98. The summed E-state index contributed by atoms with van der Waals surface area (Å²) in [5.41, 5.74) is 1.78. The molecule has 1 N–H and O–H groups in total. The molecule has 1 heterocycles. The Morgan fingerprint density at radius 1 is 1.14 bits per heavy atom. The lowest BCUT2D eigenvalue weighted by Crippen LogP contribution is -3.15. The number of carboxylic acids is 1. The molecule has 1 aromatic carbocycles. The van der Waals surface area contributed by atoms with Crippen molar-refractivity contribution in [1.82, 2.24) is 0 Å². The van der Waals surface area contributed by atoms with E-state index in [1.54, 1.807) is 12.1 Å². The number of aliphatic carboxylic acids is 1. The second kappa shape index (κ2) is 6.61. The predicted octanol–water partition coefficient (Wildman–Crippen LogP) is 0.354. The molecular formula is C18H25NO3. The first kappa shape index (κ1) is 16.7. The summed E-state index contributed by atoms with van der Waals surface area (Å²) in [5, 5.41) is 11.4. The molecule has 1 saturated heterocycles. The van der Waals surface area contributed by atoms with Crippen molar-refractivity contribution in [2.45, 2.75) is 51.5 Å². The quantitative estimate of drug-likeness (QED) is 0.799. The summed E-state index contributed by atoms with van der Waals surface area (Å²) in [4.78, 5) is 24.7. The van der Waals surface area contributed by atoms with Crippen molar-refractivity contribution in [2.75, 3.05) is 13.1 Å². The number of benzene rings is 1. The van der Waals surface area contributed by atoms with Crippen LogP contribution in [0.2, 0.25) is 0 Å². The highest BCUT2D eigenvalue weighted by atomic mass is 16.4. The first-order chi connectivity index (χ1) is 10.3. The van der Waals surface area contributed by atoms with Crippen molar-refractivity contribution >= 4 is 11.8 Å². The van der Waals surface area contributed by atoms with E-state index in [4.69, 9.17) is 0 Å². The summed E-state index contributed by atoms with van der Waals surface area (Å²) in [5.74, 6) is -1.23. The van der Waals surface area contributed by atoms with Crippen molar-refractivity contribution in [2.24, 2.45) is 0 Å². The number of rotatable bonds is 5. The minimum absolute atomic E-state index is 0.0204. The number of Topliss-reactive ketones (excluding diaryl/α,β-unsaturated/α-hetero) is 1. The first-order valence-electron chi connectivity index (χ1n) is 7.98. The van der Waals surface area contributed by atoms with E-state index in [2.05, 4.69) is 20.8 Å². The minimum atomic E-state index is -1.11. The molecule has 0 saturated carbocycles. The maximum absolute atomic E-state index is 12.4. The Labute approximate surface area is 132 Å². The van der Waals surface area contributed by atoms with Crippen molar-refractivity contribution < 1.29 is 19.6 Å². The standard InChI is InChI=1S/C18H25NO3/c1-18(2,3)14-8-6-13(7-9-14)16(20)12-15(17(21)22)19-10-4-5-11-19/h6-9,15H,4-5,10-12H2,1-3H3,(H,21,22)/t15-/m0/s1. The number of ketones is 1. The molecule has 0 radical (unpaired) electrons. The van der Waals surface area contributed by atoms with E-state index in [9.17, 15) is 14.7 Å². The molecule has 4 heteroatoms. The van der Waals surface area contributed by atoms with Gasteiger partial charge < -0.3 is 14.8 Å². The molecule has 0 spiro atoms. The highest BCUT2D eigenvalue weighted by Crippen LogP contribution is 2.22. The average Bonchev–Trinajstić information content (AvgIpc) is 2.97. The average molecular weight is 303 g/mol. The van der Waals surface area contributed by atoms with Crippen LogP contribution >= 0.6 is 0 Å². The molecule has 1 aliphatic rings. The van der Waals surface area contributed by atoms with Crippen LogP contribution < -0.4 is 10.0 Å². The fraction of sp³-hybridized carbons (Fsp3) is 0.556. The van der Waals surface area contributed by atoms with Crippen LogP contribution in [0.3, 0.4) is 0 Å². The third-order valence-electron chi connectivity index (χ3n) is 4.49. The van der Waals surface area contributed by atoms with E-state index in [-0.39, 0.29) is 17.6 Å². The third kappa shape index (κ3) is 3.95. The lowest BCUT2D eigenvalue weighted by Gasteiger charge is -2.25. The molecule has 1 aromatic rings. The second-order valence-corrected chi connectivity index (χ2v) is 7.19. The van der Waals surface area contributed by atoms with Gasteiger partial charge in [-0.3, -0.25) is 4.79 Å². The Morgan fingerprint density at radius 2 is 1.68 bits per heavy atom. The fourth-order valence-corrected chi connectivity index (χ4v) is 3.03. The highest BCUT2D eigenvalue weighted by Gasteiger charge is 2.29. The molecule has 22 heavy (non-hydrogen) atoms. The van der Waals surface area contributed by atoms with Crippen LogP contribution in [0.4, 0.5) is 0 Å². The molecular weight excluding hydrogens is 278 g/mol. The van der Waals surface area contributed by atoms with Crippen molar-refractivity contribution in [3.05, 3.63) is 35.4 Å². The van der Waals surface area contributed by atoms with Gasteiger partial charge >= 0.3 is 0 Å². The van der Waals surface area contributed by atoms with Gasteiger partial charge in [0.25, 0.3) is 0 Å². The molecule has 1 aliphatic heterocycles. The molecule has 0 aromatic heterocycles.